The Hall–Kier alpha value is -1.74. The Labute approximate surface area is 124 Å². The van der Waals surface area contributed by atoms with E-state index in [2.05, 4.69) is 36.5 Å². The van der Waals surface area contributed by atoms with Gasteiger partial charge in [-0.1, -0.05) is 37.3 Å². The summed E-state index contributed by atoms with van der Waals surface area (Å²) in [5.74, 6) is -1.16. The summed E-state index contributed by atoms with van der Waals surface area (Å²) in [4.78, 5) is 0. The van der Waals surface area contributed by atoms with E-state index in [0.717, 1.165) is 24.9 Å². The number of halogens is 2. The molecule has 2 atom stereocenters. The number of hydrogen-bond donors (Lipinski definition) is 1. The molecular weight excluding hydrogens is 268 g/mol. The number of nitrogens with one attached hydrogen (secondary N) is 1. The van der Waals surface area contributed by atoms with E-state index in [1.807, 2.05) is 0 Å². The molecule has 2 aromatic carbocycles. The van der Waals surface area contributed by atoms with Crippen LogP contribution in [-0.4, -0.2) is 6.54 Å². The van der Waals surface area contributed by atoms with Crippen LogP contribution in [0.3, 0.4) is 0 Å². The fourth-order valence-corrected chi connectivity index (χ4v) is 3.33. The number of benzene rings is 2. The van der Waals surface area contributed by atoms with Crippen LogP contribution in [0, 0.1) is 17.6 Å². The van der Waals surface area contributed by atoms with Gasteiger partial charge >= 0.3 is 0 Å². The molecule has 1 nitrogen and oxygen atoms in total. The van der Waals surface area contributed by atoms with E-state index in [1.165, 1.54) is 23.3 Å². The molecule has 21 heavy (non-hydrogen) atoms. The maximum absolute atomic E-state index is 13.4. The second-order valence-corrected chi connectivity index (χ2v) is 5.65. The maximum atomic E-state index is 13.4. The zero-order valence-electron chi connectivity index (χ0n) is 12.1. The van der Waals surface area contributed by atoms with Gasteiger partial charge in [0.05, 0.1) is 0 Å². The Bertz CT molecular complexity index is 639. The van der Waals surface area contributed by atoms with Gasteiger partial charge in [0.1, 0.15) is 0 Å². The molecule has 2 aromatic rings. The molecule has 1 aliphatic rings. The summed E-state index contributed by atoms with van der Waals surface area (Å²) in [7, 11) is 0. The molecule has 0 fully saturated rings. The van der Waals surface area contributed by atoms with Gasteiger partial charge < -0.3 is 5.32 Å². The molecule has 0 saturated heterocycles. The van der Waals surface area contributed by atoms with Crippen LogP contribution in [0.2, 0.25) is 0 Å². The Morgan fingerprint density at radius 1 is 1.10 bits per heavy atom. The van der Waals surface area contributed by atoms with E-state index in [0.29, 0.717) is 12.0 Å². The second kappa shape index (κ2) is 5.94. The topological polar surface area (TPSA) is 12.0 Å². The Morgan fingerprint density at radius 3 is 2.67 bits per heavy atom. The average molecular weight is 287 g/mol. The smallest absolute Gasteiger partial charge is 0.159 e. The second-order valence-electron chi connectivity index (χ2n) is 5.65. The third-order valence-corrected chi connectivity index (χ3v) is 4.25. The lowest BCUT2D eigenvalue weighted by atomic mass is 9.92. The summed E-state index contributed by atoms with van der Waals surface area (Å²) in [6.07, 6.45) is 1.73. The Morgan fingerprint density at radius 2 is 1.90 bits per heavy atom. The van der Waals surface area contributed by atoms with Crippen molar-refractivity contribution in [1.29, 1.82) is 0 Å². The SMILES string of the molecule is CCNC1c2ccccc2CC1Cc1ccc(F)c(F)c1. The van der Waals surface area contributed by atoms with Crippen LogP contribution in [0.15, 0.2) is 42.5 Å². The fraction of sp³-hybridized carbons (Fsp3) is 0.333. The number of rotatable bonds is 4. The van der Waals surface area contributed by atoms with Gasteiger partial charge in [0, 0.05) is 6.04 Å². The first-order valence-electron chi connectivity index (χ1n) is 7.44. The van der Waals surface area contributed by atoms with Crippen molar-refractivity contribution in [1.82, 2.24) is 5.32 Å². The molecule has 3 rings (SSSR count). The molecule has 3 heteroatoms. The van der Waals surface area contributed by atoms with Crippen LogP contribution in [0.25, 0.3) is 0 Å². The minimum Gasteiger partial charge on any atom is -0.310 e. The van der Waals surface area contributed by atoms with Crippen molar-refractivity contribution >= 4 is 0 Å². The maximum Gasteiger partial charge on any atom is 0.159 e. The molecule has 1 N–H and O–H groups in total. The van der Waals surface area contributed by atoms with Crippen molar-refractivity contribution in [2.24, 2.45) is 5.92 Å². The highest BCUT2D eigenvalue weighted by molar-refractivity contribution is 5.36. The molecule has 0 spiro atoms. The quantitative estimate of drug-likeness (QED) is 0.895. The molecule has 2 unspecified atom stereocenters. The van der Waals surface area contributed by atoms with Crippen molar-refractivity contribution < 1.29 is 8.78 Å². The van der Waals surface area contributed by atoms with E-state index in [4.69, 9.17) is 0 Å². The molecule has 0 aliphatic heterocycles. The summed E-state index contributed by atoms with van der Waals surface area (Å²) < 4.78 is 26.4. The minimum atomic E-state index is -0.781. The summed E-state index contributed by atoms with van der Waals surface area (Å²) in [5.41, 5.74) is 3.55. The van der Waals surface area contributed by atoms with Gasteiger partial charge in [0.25, 0.3) is 0 Å². The first kappa shape index (κ1) is 14.2. The van der Waals surface area contributed by atoms with Gasteiger partial charge in [-0.2, -0.15) is 0 Å². The number of hydrogen-bond acceptors (Lipinski definition) is 1. The average Bonchev–Trinajstić information content (AvgIpc) is 2.81. The Kier molecular flexibility index (Phi) is 4.02. The van der Waals surface area contributed by atoms with Crippen molar-refractivity contribution in [3.63, 3.8) is 0 Å². The lowest BCUT2D eigenvalue weighted by Gasteiger charge is -2.21. The van der Waals surface area contributed by atoms with Crippen LogP contribution in [0.5, 0.6) is 0 Å². The molecule has 1 aliphatic carbocycles. The molecule has 0 saturated carbocycles. The molecule has 110 valence electrons. The van der Waals surface area contributed by atoms with E-state index in [9.17, 15) is 8.78 Å². The highest BCUT2D eigenvalue weighted by Crippen LogP contribution is 2.37. The van der Waals surface area contributed by atoms with Crippen LogP contribution in [0.4, 0.5) is 8.78 Å². The first-order valence-corrected chi connectivity index (χ1v) is 7.44. The largest absolute Gasteiger partial charge is 0.310 e. The monoisotopic (exact) mass is 287 g/mol. The predicted molar refractivity (Wildman–Crippen MR) is 80.1 cm³/mol. The minimum absolute atomic E-state index is 0.291. The van der Waals surface area contributed by atoms with Crippen molar-refractivity contribution in [3.05, 3.63) is 70.8 Å². The van der Waals surface area contributed by atoms with E-state index in [-0.39, 0.29) is 0 Å². The van der Waals surface area contributed by atoms with E-state index < -0.39 is 11.6 Å². The third-order valence-electron chi connectivity index (χ3n) is 4.25. The normalized spacial score (nSPS) is 20.5. The molecule has 0 amide bonds. The molecule has 0 heterocycles. The molecule has 0 aromatic heterocycles. The fourth-order valence-electron chi connectivity index (χ4n) is 3.33. The van der Waals surface area contributed by atoms with Crippen molar-refractivity contribution in [2.45, 2.75) is 25.8 Å². The van der Waals surface area contributed by atoms with Crippen LogP contribution >= 0.6 is 0 Å². The van der Waals surface area contributed by atoms with Crippen molar-refractivity contribution in [2.75, 3.05) is 6.54 Å². The van der Waals surface area contributed by atoms with Gasteiger partial charge in [0.15, 0.2) is 11.6 Å². The van der Waals surface area contributed by atoms with Gasteiger partial charge in [-0.05, 0) is 54.1 Å². The van der Waals surface area contributed by atoms with Crippen molar-refractivity contribution in [3.8, 4) is 0 Å². The van der Waals surface area contributed by atoms with Gasteiger partial charge in [0.2, 0.25) is 0 Å². The summed E-state index contributed by atoms with van der Waals surface area (Å²) in [5, 5.41) is 3.53. The van der Waals surface area contributed by atoms with Crippen LogP contribution in [-0.2, 0) is 12.8 Å². The molecular formula is C18H19F2N. The third kappa shape index (κ3) is 2.84. The van der Waals surface area contributed by atoms with Crippen LogP contribution in [0.1, 0.15) is 29.7 Å². The first-order chi connectivity index (χ1) is 10.2. The Balaban J connectivity index is 1.83. The van der Waals surface area contributed by atoms with Gasteiger partial charge in [-0.15, -0.1) is 0 Å². The molecule has 0 radical (unpaired) electrons. The molecule has 0 bridgehead atoms. The van der Waals surface area contributed by atoms with Gasteiger partial charge in [-0.25, -0.2) is 8.78 Å². The summed E-state index contributed by atoms with van der Waals surface area (Å²) in [6.45, 7) is 2.99. The zero-order chi connectivity index (χ0) is 14.8. The summed E-state index contributed by atoms with van der Waals surface area (Å²) >= 11 is 0. The summed E-state index contributed by atoms with van der Waals surface area (Å²) in [6, 6.07) is 12.9. The van der Waals surface area contributed by atoms with Crippen LogP contribution < -0.4 is 5.32 Å². The lowest BCUT2D eigenvalue weighted by Crippen LogP contribution is -2.26. The predicted octanol–water partition coefficient (Wildman–Crippen LogP) is 4.03. The highest BCUT2D eigenvalue weighted by Gasteiger charge is 2.31. The zero-order valence-corrected chi connectivity index (χ0v) is 12.1. The standard InChI is InChI=1S/C18H19F2N/c1-2-21-18-14(11-13-5-3-4-6-15(13)18)9-12-7-8-16(19)17(20)10-12/h3-8,10,14,18,21H,2,9,11H2,1H3. The van der Waals surface area contributed by atoms with E-state index >= 15 is 0 Å². The van der Waals surface area contributed by atoms with E-state index in [1.54, 1.807) is 6.07 Å². The highest BCUT2D eigenvalue weighted by atomic mass is 19.2. The van der Waals surface area contributed by atoms with Gasteiger partial charge in [-0.3, -0.25) is 0 Å². The number of fused-ring (bicyclic) bond motifs is 1. The lowest BCUT2D eigenvalue weighted by molar-refractivity contribution is 0.392.